The molecular weight excluding hydrogens is 382 g/mol. The van der Waals surface area contributed by atoms with Crippen molar-refractivity contribution in [3.8, 4) is 11.4 Å². The molecule has 4 aromatic rings. The number of benzene rings is 2. The second kappa shape index (κ2) is 6.98. The molecule has 0 saturated heterocycles. The molecule has 2 aromatic carbocycles. The summed E-state index contributed by atoms with van der Waals surface area (Å²) in [6.07, 6.45) is 0. The van der Waals surface area contributed by atoms with E-state index < -0.39 is 0 Å². The lowest BCUT2D eigenvalue weighted by molar-refractivity contribution is 0.103. The summed E-state index contributed by atoms with van der Waals surface area (Å²) in [4.78, 5) is 33.6. The molecule has 0 aliphatic heterocycles. The standard InChI is InChI=1S/C20H14ClN3O2S/c1-11-15-18(25)23-17(13-9-5-6-10-14(13)21)24-20(15)27-16(11)19(26)22-12-7-3-2-4-8-12/h2-10H,1H3,(H,22,26)(H,23,24,25). The maximum absolute atomic E-state index is 12.7. The molecule has 0 unspecified atom stereocenters. The van der Waals surface area contributed by atoms with E-state index >= 15 is 0 Å². The van der Waals surface area contributed by atoms with Crippen LogP contribution in [-0.4, -0.2) is 15.9 Å². The first kappa shape index (κ1) is 17.5. The number of anilines is 1. The normalized spacial score (nSPS) is 10.9. The number of thiophene rings is 1. The molecule has 0 radical (unpaired) electrons. The van der Waals surface area contributed by atoms with E-state index in [-0.39, 0.29) is 11.5 Å². The number of rotatable bonds is 3. The summed E-state index contributed by atoms with van der Waals surface area (Å²) in [5.41, 5.74) is 1.66. The van der Waals surface area contributed by atoms with Crippen LogP contribution in [0.25, 0.3) is 21.6 Å². The van der Waals surface area contributed by atoms with Crippen molar-refractivity contribution >= 4 is 44.7 Å². The third-order valence-corrected chi connectivity index (χ3v) is 5.68. The third kappa shape index (κ3) is 3.25. The summed E-state index contributed by atoms with van der Waals surface area (Å²) >= 11 is 7.41. The monoisotopic (exact) mass is 395 g/mol. The molecular formula is C20H14ClN3O2S. The fraction of sp³-hybridized carbons (Fsp3) is 0.0500. The number of hydrogen-bond donors (Lipinski definition) is 2. The fourth-order valence-electron chi connectivity index (χ4n) is 2.85. The number of amides is 1. The molecule has 0 bridgehead atoms. The van der Waals surface area contributed by atoms with Crippen LogP contribution in [0.4, 0.5) is 5.69 Å². The number of carbonyl (C=O) groups is 1. The first-order chi connectivity index (χ1) is 13.0. The number of carbonyl (C=O) groups excluding carboxylic acids is 1. The van der Waals surface area contributed by atoms with Crippen LogP contribution in [0.1, 0.15) is 15.2 Å². The summed E-state index contributed by atoms with van der Waals surface area (Å²) in [6, 6.07) is 16.3. The molecule has 4 rings (SSSR count). The molecule has 7 heteroatoms. The number of H-pyrrole nitrogens is 1. The second-order valence-corrected chi connectivity index (χ2v) is 7.36. The third-order valence-electron chi connectivity index (χ3n) is 4.17. The molecule has 2 N–H and O–H groups in total. The topological polar surface area (TPSA) is 74.8 Å². The highest BCUT2D eigenvalue weighted by Gasteiger charge is 2.20. The van der Waals surface area contributed by atoms with E-state index in [9.17, 15) is 9.59 Å². The van der Waals surface area contributed by atoms with Gasteiger partial charge in [0.1, 0.15) is 10.7 Å². The number of aryl methyl sites for hydroxylation is 1. The largest absolute Gasteiger partial charge is 0.321 e. The van der Waals surface area contributed by atoms with Crippen molar-refractivity contribution in [2.24, 2.45) is 0 Å². The highest BCUT2D eigenvalue weighted by atomic mass is 35.5. The molecule has 1 amide bonds. The fourth-order valence-corrected chi connectivity index (χ4v) is 4.15. The van der Waals surface area contributed by atoms with Crippen molar-refractivity contribution in [3.63, 3.8) is 0 Å². The number of fused-ring (bicyclic) bond motifs is 1. The van der Waals surface area contributed by atoms with Gasteiger partial charge in [0.05, 0.1) is 15.3 Å². The number of para-hydroxylation sites is 1. The molecule has 0 atom stereocenters. The van der Waals surface area contributed by atoms with Crippen LogP contribution in [0.2, 0.25) is 5.02 Å². The van der Waals surface area contributed by atoms with Crippen molar-refractivity contribution in [1.82, 2.24) is 9.97 Å². The molecule has 0 fully saturated rings. The number of hydrogen-bond acceptors (Lipinski definition) is 4. The Labute approximate surface area is 163 Å². The summed E-state index contributed by atoms with van der Waals surface area (Å²) in [7, 11) is 0. The van der Waals surface area contributed by atoms with E-state index in [4.69, 9.17) is 11.6 Å². The Morgan fingerprint density at radius 1 is 1.11 bits per heavy atom. The Balaban J connectivity index is 1.80. The van der Waals surface area contributed by atoms with Gasteiger partial charge in [0.25, 0.3) is 11.5 Å². The Bertz CT molecular complexity index is 1220. The van der Waals surface area contributed by atoms with E-state index in [1.54, 1.807) is 31.2 Å². The lowest BCUT2D eigenvalue weighted by Gasteiger charge is -2.03. The van der Waals surface area contributed by atoms with Crippen LogP contribution < -0.4 is 10.9 Å². The number of nitrogens with one attached hydrogen (secondary N) is 2. The van der Waals surface area contributed by atoms with Gasteiger partial charge in [-0.1, -0.05) is 41.9 Å². The average molecular weight is 396 g/mol. The highest BCUT2D eigenvalue weighted by Crippen LogP contribution is 2.30. The summed E-state index contributed by atoms with van der Waals surface area (Å²) in [6.45, 7) is 1.75. The van der Waals surface area contributed by atoms with E-state index in [0.29, 0.717) is 42.8 Å². The first-order valence-electron chi connectivity index (χ1n) is 8.19. The van der Waals surface area contributed by atoms with Crippen LogP contribution in [0, 0.1) is 6.92 Å². The van der Waals surface area contributed by atoms with Crippen molar-refractivity contribution < 1.29 is 4.79 Å². The number of aromatic nitrogens is 2. The van der Waals surface area contributed by atoms with Gasteiger partial charge in [-0.25, -0.2) is 4.98 Å². The van der Waals surface area contributed by atoms with Crippen molar-refractivity contribution in [1.29, 1.82) is 0 Å². The minimum Gasteiger partial charge on any atom is -0.321 e. The number of halogens is 1. The molecule has 0 saturated carbocycles. The Morgan fingerprint density at radius 2 is 1.81 bits per heavy atom. The minimum absolute atomic E-state index is 0.264. The number of nitrogens with zero attached hydrogens (tertiary/aromatic N) is 1. The lowest BCUT2D eigenvalue weighted by Crippen LogP contribution is -2.12. The average Bonchev–Trinajstić information content (AvgIpc) is 3.00. The van der Waals surface area contributed by atoms with Gasteiger partial charge in [0, 0.05) is 11.3 Å². The van der Waals surface area contributed by atoms with Crippen LogP contribution in [-0.2, 0) is 0 Å². The van der Waals surface area contributed by atoms with Crippen LogP contribution in [0.15, 0.2) is 59.4 Å². The molecule has 0 aliphatic carbocycles. The van der Waals surface area contributed by atoms with E-state index in [0.717, 1.165) is 0 Å². The van der Waals surface area contributed by atoms with Gasteiger partial charge in [-0.15, -0.1) is 11.3 Å². The predicted molar refractivity (Wildman–Crippen MR) is 110 cm³/mol. The van der Waals surface area contributed by atoms with E-state index in [1.165, 1.54) is 11.3 Å². The summed E-state index contributed by atoms with van der Waals surface area (Å²) in [5, 5.41) is 3.77. The Kier molecular flexibility index (Phi) is 4.51. The Morgan fingerprint density at radius 3 is 2.56 bits per heavy atom. The first-order valence-corrected chi connectivity index (χ1v) is 9.39. The zero-order chi connectivity index (χ0) is 19.0. The molecule has 5 nitrogen and oxygen atoms in total. The zero-order valence-electron chi connectivity index (χ0n) is 14.2. The van der Waals surface area contributed by atoms with Gasteiger partial charge < -0.3 is 10.3 Å². The van der Waals surface area contributed by atoms with Crippen LogP contribution >= 0.6 is 22.9 Å². The maximum Gasteiger partial charge on any atom is 0.266 e. The molecule has 134 valence electrons. The van der Waals surface area contributed by atoms with Crippen molar-refractivity contribution in [2.75, 3.05) is 5.32 Å². The molecule has 0 spiro atoms. The van der Waals surface area contributed by atoms with Gasteiger partial charge in [-0.3, -0.25) is 9.59 Å². The smallest absolute Gasteiger partial charge is 0.266 e. The Hall–Kier alpha value is -2.96. The van der Waals surface area contributed by atoms with Gasteiger partial charge in [0.2, 0.25) is 0 Å². The van der Waals surface area contributed by atoms with E-state index in [1.807, 2.05) is 30.3 Å². The maximum atomic E-state index is 12.7. The molecule has 27 heavy (non-hydrogen) atoms. The lowest BCUT2D eigenvalue weighted by atomic mass is 10.2. The van der Waals surface area contributed by atoms with Gasteiger partial charge in [-0.2, -0.15) is 0 Å². The zero-order valence-corrected chi connectivity index (χ0v) is 15.8. The number of aromatic amines is 1. The van der Waals surface area contributed by atoms with Crippen LogP contribution in [0.5, 0.6) is 0 Å². The van der Waals surface area contributed by atoms with Crippen molar-refractivity contribution in [2.45, 2.75) is 6.92 Å². The second-order valence-electron chi connectivity index (χ2n) is 5.95. The summed E-state index contributed by atoms with van der Waals surface area (Å²) < 4.78 is 0. The van der Waals surface area contributed by atoms with E-state index in [2.05, 4.69) is 15.3 Å². The van der Waals surface area contributed by atoms with Gasteiger partial charge in [-0.05, 0) is 36.8 Å². The summed E-state index contributed by atoms with van der Waals surface area (Å²) in [5.74, 6) is 0.120. The van der Waals surface area contributed by atoms with Gasteiger partial charge >= 0.3 is 0 Å². The minimum atomic E-state index is -0.289. The predicted octanol–water partition coefficient (Wildman–Crippen LogP) is 4.87. The molecule has 0 aliphatic rings. The van der Waals surface area contributed by atoms with Crippen LogP contribution in [0.3, 0.4) is 0 Å². The molecule has 2 heterocycles. The molecule has 2 aromatic heterocycles. The van der Waals surface area contributed by atoms with Crippen molar-refractivity contribution in [3.05, 3.63) is 80.4 Å². The highest BCUT2D eigenvalue weighted by molar-refractivity contribution is 7.20. The quantitative estimate of drug-likeness (QED) is 0.519. The van der Waals surface area contributed by atoms with Gasteiger partial charge in [0.15, 0.2) is 0 Å². The SMILES string of the molecule is Cc1c(C(=O)Nc2ccccc2)sc2nc(-c3ccccc3Cl)[nH]c(=O)c12.